The first-order chi connectivity index (χ1) is 15.4. The first-order valence-electron chi connectivity index (χ1n) is 9.87. The van der Waals surface area contributed by atoms with Crippen molar-refractivity contribution in [2.75, 3.05) is 52.4 Å². The molecule has 0 aromatic carbocycles. The average molecular weight is 508 g/mol. The smallest absolute Gasteiger partial charge is 0.320 e. The number of hydrogen-bond acceptors (Lipinski definition) is 13. The Morgan fingerprint density at radius 3 is 1.56 bits per heavy atom. The lowest BCUT2D eigenvalue weighted by Gasteiger charge is -2.23. The summed E-state index contributed by atoms with van der Waals surface area (Å²) >= 11 is 0. The van der Waals surface area contributed by atoms with E-state index in [1.165, 1.54) is 16.9 Å². The van der Waals surface area contributed by atoms with E-state index in [0.29, 0.717) is 39.3 Å². The van der Waals surface area contributed by atoms with Crippen molar-refractivity contribution in [2.45, 2.75) is 25.9 Å². The molecule has 0 aliphatic rings. The molecule has 20 heteroatoms. The number of quaternary nitrogens is 2. The molecule has 0 fully saturated rings. The lowest BCUT2D eigenvalue weighted by molar-refractivity contribution is -0.380. The van der Waals surface area contributed by atoms with Gasteiger partial charge in [0.15, 0.2) is 0 Å². The summed E-state index contributed by atoms with van der Waals surface area (Å²) in [4.78, 5) is 40.6. The lowest BCUT2D eigenvalue weighted by Crippen LogP contribution is -2.57. The minimum Gasteiger partial charge on any atom is -0.480 e. The second-order valence-electron chi connectivity index (χ2n) is 6.31. The Hall–Kier alpha value is -2.66. The number of nitroso groups, excluding NO2 is 2. The number of hydrazine groups is 2. The van der Waals surface area contributed by atoms with Gasteiger partial charge in [-0.2, -0.15) is 10.0 Å². The SMILES string of the molecule is CC(N)C(=O)NCCN(CC[NH3+])N(O)N=O.CC(N)C(=O)O.NCCN(CC[NH3+])N(O)N=O.[OH3+]. The summed E-state index contributed by atoms with van der Waals surface area (Å²) in [7, 11) is 0. The van der Waals surface area contributed by atoms with Crippen LogP contribution in [-0.4, -0.2) is 112 Å². The fraction of sp³-hybridized carbons (Fsp3) is 0.857. The standard InChI is InChI=1S/C7H18N6O3.C4H13N5O2.C3H7NO2.H2O/c1-6(9)7(14)10-3-5-12(4-2-8)13(16)11-15;5-1-3-8(4-2-6)9(11)7-10;1-2(4)3(5)6;/h6,16H,2-5,8-9H2,1H3,(H,10,14);11H,1-6H2;2H,4H2,1H3,(H,5,6);1H2/p+3. The first kappa shape index (κ1) is 38.6. The Labute approximate surface area is 196 Å². The summed E-state index contributed by atoms with van der Waals surface area (Å²) in [6, 6.07) is -1.32. The molecule has 20 nitrogen and oxygen atoms in total. The monoisotopic (exact) mass is 507 g/mol. The molecule has 0 aliphatic heterocycles. The second-order valence-corrected chi connectivity index (χ2v) is 6.31. The maximum absolute atomic E-state index is 11.1. The van der Waals surface area contributed by atoms with Crippen molar-refractivity contribution in [3.63, 3.8) is 0 Å². The van der Waals surface area contributed by atoms with Crippen LogP contribution in [0.15, 0.2) is 10.6 Å². The number of carbonyl (C=O) groups excluding carboxylic acids is 1. The molecule has 0 saturated carbocycles. The van der Waals surface area contributed by atoms with Crippen LogP contribution in [0.1, 0.15) is 13.8 Å². The Kier molecular flexibility index (Phi) is 28.3. The summed E-state index contributed by atoms with van der Waals surface area (Å²) in [5, 5.41) is 35.9. The zero-order valence-corrected chi connectivity index (χ0v) is 19.7. The average Bonchev–Trinajstić information content (AvgIpc) is 2.77. The highest BCUT2D eigenvalue weighted by Crippen LogP contribution is 1.93. The van der Waals surface area contributed by atoms with E-state index in [1.54, 1.807) is 6.92 Å². The molecule has 0 bridgehead atoms. The van der Waals surface area contributed by atoms with E-state index in [4.69, 9.17) is 32.7 Å². The number of carbonyl (C=O) groups is 2. The van der Waals surface area contributed by atoms with E-state index >= 15 is 0 Å². The largest absolute Gasteiger partial charge is 0.480 e. The fourth-order valence-electron chi connectivity index (χ4n) is 1.67. The number of amides is 1. The maximum Gasteiger partial charge on any atom is 0.320 e. The Balaban J connectivity index is -0.000000217. The molecule has 0 rings (SSSR count). The Morgan fingerprint density at radius 2 is 1.29 bits per heavy atom. The minimum absolute atomic E-state index is 0. The molecule has 0 aromatic heterocycles. The second kappa shape index (κ2) is 25.0. The molecule has 0 heterocycles. The molecule has 2 unspecified atom stereocenters. The molecule has 0 saturated heterocycles. The van der Waals surface area contributed by atoms with Crippen LogP contribution in [0, 0.1) is 9.81 Å². The van der Waals surface area contributed by atoms with Crippen LogP contribution in [0.5, 0.6) is 0 Å². The van der Waals surface area contributed by atoms with E-state index in [-0.39, 0.29) is 35.0 Å². The van der Waals surface area contributed by atoms with Gasteiger partial charge in [0.05, 0.1) is 42.8 Å². The Morgan fingerprint density at radius 1 is 0.912 bits per heavy atom. The molecular weight excluding hydrogens is 464 g/mol. The van der Waals surface area contributed by atoms with Gasteiger partial charge in [-0.3, -0.25) is 20.0 Å². The molecule has 204 valence electrons. The van der Waals surface area contributed by atoms with Crippen molar-refractivity contribution in [1.29, 1.82) is 0 Å². The number of hydrogen-bond donors (Lipinski definition) is 9. The van der Waals surface area contributed by atoms with Gasteiger partial charge in [0.25, 0.3) is 0 Å². The van der Waals surface area contributed by atoms with Gasteiger partial charge in [-0.05, 0) is 13.8 Å². The third kappa shape index (κ3) is 22.5. The topological polar surface area (TPSA) is 345 Å². The zero-order chi connectivity index (χ0) is 26.4. The van der Waals surface area contributed by atoms with E-state index in [1.807, 2.05) is 0 Å². The van der Waals surface area contributed by atoms with E-state index in [0.717, 1.165) is 0 Å². The van der Waals surface area contributed by atoms with Gasteiger partial charge < -0.3 is 44.6 Å². The first-order valence-corrected chi connectivity index (χ1v) is 9.87. The van der Waals surface area contributed by atoms with Gasteiger partial charge in [-0.1, -0.05) is 10.6 Å². The van der Waals surface area contributed by atoms with Crippen LogP contribution < -0.4 is 34.0 Å². The molecule has 19 N–H and O–H groups in total. The lowest BCUT2D eigenvalue weighted by atomic mass is 10.3. The van der Waals surface area contributed by atoms with Crippen molar-refractivity contribution in [3.8, 4) is 0 Å². The van der Waals surface area contributed by atoms with Crippen LogP contribution in [0.3, 0.4) is 0 Å². The van der Waals surface area contributed by atoms with Gasteiger partial charge in [0, 0.05) is 26.2 Å². The number of nitrogens with two attached hydrogens (primary N) is 3. The van der Waals surface area contributed by atoms with Crippen molar-refractivity contribution in [3.05, 3.63) is 9.81 Å². The van der Waals surface area contributed by atoms with E-state index in [9.17, 15) is 19.4 Å². The van der Waals surface area contributed by atoms with E-state index in [2.05, 4.69) is 27.4 Å². The maximum atomic E-state index is 11.1. The van der Waals surface area contributed by atoms with Crippen LogP contribution in [-0.2, 0) is 15.1 Å². The number of nitrogens with zero attached hydrogens (tertiary/aromatic N) is 6. The van der Waals surface area contributed by atoms with Crippen LogP contribution in [0.4, 0.5) is 0 Å². The zero-order valence-electron chi connectivity index (χ0n) is 19.7. The quantitative estimate of drug-likeness (QED) is 0.0565. The number of aliphatic carboxylic acids is 1. The fourth-order valence-corrected chi connectivity index (χ4v) is 1.67. The number of rotatable bonds is 15. The third-order valence-electron chi connectivity index (χ3n) is 3.34. The normalized spacial score (nSPS) is 11.5. The van der Waals surface area contributed by atoms with Crippen molar-refractivity contribution >= 4 is 11.9 Å². The van der Waals surface area contributed by atoms with Crippen LogP contribution >= 0.6 is 0 Å². The molecule has 0 radical (unpaired) electrons. The van der Waals surface area contributed by atoms with E-state index < -0.39 is 18.1 Å². The van der Waals surface area contributed by atoms with Crippen molar-refractivity contribution in [2.24, 2.45) is 27.8 Å². The highest BCUT2D eigenvalue weighted by molar-refractivity contribution is 5.80. The molecule has 2 atom stereocenters. The van der Waals surface area contributed by atoms with Gasteiger partial charge in [-0.25, -0.2) is 0 Å². The number of carboxylic acid groups (broad SMARTS) is 1. The molecular formula is C14H43N12O8+3. The summed E-state index contributed by atoms with van der Waals surface area (Å²) < 4.78 is 0. The highest BCUT2D eigenvalue weighted by atomic mass is 16.6. The van der Waals surface area contributed by atoms with Crippen LogP contribution in [0.25, 0.3) is 0 Å². The molecule has 0 spiro atoms. The molecule has 34 heavy (non-hydrogen) atoms. The number of nitrogens with one attached hydrogen (secondary N) is 1. The summed E-state index contributed by atoms with van der Waals surface area (Å²) in [6.45, 7) is 6.11. The van der Waals surface area contributed by atoms with Crippen molar-refractivity contribution in [1.82, 2.24) is 25.9 Å². The predicted octanol–water partition coefficient (Wildman–Crippen LogP) is -6.45. The summed E-state index contributed by atoms with van der Waals surface area (Å²) in [5.41, 5.74) is 22.5. The predicted molar refractivity (Wildman–Crippen MR) is 119 cm³/mol. The van der Waals surface area contributed by atoms with Gasteiger partial charge in [0.1, 0.15) is 6.04 Å². The minimum atomic E-state index is -0.963. The van der Waals surface area contributed by atoms with Gasteiger partial charge in [0.2, 0.25) is 5.91 Å². The summed E-state index contributed by atoms with van der Waals surface area (Å²) in [5.74, 6) is -1.26. The Bertz CT molecular complexity index is 525. The molecule has 0 aliphatic carbocycles. The summed E-state index contributed by atoms with van der Waals surface area (Å²) in [6.07, 6.45) is 0. The highest BCUT2D eigenvalue weighted by Gasteiger charge is 2.13. The number of carboxylic acids is 1. The molecule has 1 amide bonds. The molecule has 0 aromatic rings. The van der Waals surface area contributed by atoms with Gasteiger partial charge in [-0.15, -0.1) is 9.81 Å². The van der Waals surface area contributed by atoms with Crippen molar-refractivity contribution < 1.29 is 42.1 Å². The van der Waals surface area contributed by atoms with Crippen LogP contribution in [0.2, 0.25) is 0 Å². The third-order valence-corrected chi connectivity index (χ3v) is 3.34. The van der Waals surface area contributed by atoms with Gasteiger partial charge >= 0.3 is 5.97 Å².